The van der Waals surface area contributed by atoms with Crippen LogP contribution in [0.5, 0.6) is 0 Å². The summed E-state index contributed by atoms with van der Waals surface area (Å²) in [6, 6.07) is 2.37. The van der Waals surface area contributed by atoms with Crippen LogP contribution in [0.15, 0.2) is 18.2 Å². The molecule has 0 spiro atoms. The number of benzene rings is 1. The van der Waals surface area contributed by atoms with E-state index in [9.17, 15) is 28.4 Å². The molecule has 4 nitrogen and oxygen atoms in total. The van der Waals surface area contributed by atoms with Crippen LogP contribution in [0.1, 0.15) is 31.4 Å². The second kappa shape index (κ2) is 6.21. The number of nitro groups is 1. The van der Waals surface area contributed by atoms with Gasteiger partial charge in [0, 0.05) is 18.1 Å². The van der Waals surface area contributed by atoms with Gasteiger partial charge in [-0.3, -0.25) is 10.1 Å². The number of alkyl halides is 3. The molecule has 1 unspecified atom stereocenters. The van der Waals surface area contributed by atoms with Gasteiger partial charge in [-0.1, -0.05) is 19.9 Å². The van der Waals surface area contributed by atoms with Crippen molar-refractivity contribution in [3.8, 4) is 0 Å². The van der Waals surface area contributed by atoms with E-state index in [4.69, 9.17) is 0 Å². The van der Waals surface area contributed by atoms with Crippen molar-refractivity contribution in [3.63, 3.8) is 0 Å². The third kappa shape index (κ3) is 4.48. The standard InChI is InChI=1S/C13H16F3NO3/c1-8(2)5-11(18)6-9-3-4-10(13(14,15)16)7-12(9)17(19)20/h3-4,7-8,11,18H,5-6H2,1-2H3. The van der Waals surface area contributed by atoms with Gasteiger partial charge in [0.1, 0.15) is 0 Å². The van der Waals surface area contributed by atoms with Crippen LogP contribution < -0.4 is 0 Å². The molecule has 1 N–H and O–H groups in total. The van der Waals surface area contributed by atoms with Crippen LogP contribution in [0.25, 0.3) is 0 Å². The number of aliphatic hydroxyl groups excluding tert-OH is 1. The van der Waals surface area contributed by atoms with Crippen LogP contribution in [0.2, 0.25) is 0 Å². The van der Waals surface area contributed by atoms with Gasteiger partial charge in [0.05, 0.1) is 16.6 Å². The predicted molar refractivity (Wildman–Crippen MR) is 67.3 cm³/mol. The fourth-order valence-corrected chi connectivity index (χ4v) is 1.96. The number of aliphatic hydroxyl groups is 1. The molecule has 0 bridgehead atoms. The number of hydrogen-bond acceptors (Lipinski definition) is 3. The van der Waals surface area contributed by atoms with Crippen LogP contribution in [-0.2, 0) is 12.6 Å². The molecule has 1 aromatic rings. The van der Waals surface area contributed by atoms with Crippen LogP contribution >= 0.6 is 0 Å². The Morgan fingerprint density at radius 2 is 1.95 bits per heavy atom. The SMILES string of the molecule is CC(C)CC(O)Cc1ccc(C(F)(F)F)cc1[N+](=O)[O-]. The largest absolute Gasteiger partial charge is 0.416 e. The molecular weight excluding hydrogens is 275 g/mol. The first-order valence-corrected chi connectivity index (χ1v) is 6.13. The van der Waals surface area contributed by atoms with Crippen molar-refractivity contribution in [3.05, 3.63) is 39.4 Å². The lowest BCUT2D eigenvalue weighted by atomic mass is 9.97. The van der Waals surface area contributed by atoms with Crippen molar-refractivity contribution >= 4 is 5.69 Å². The van der Waals surface area contributed by atoms with Gasteiger partial charge in [0.2, 0.25) is 0 Å². The zero-order valence-corrected chi connectivity index (χ0v) is 11.1. The van der Waals surface area contributed by atoms with Gasteiger partial charge in [0.15, 0.2) is 0 Å². The predicted octanol–water partition coefficient (Wildman–Crippen LogP) is 3.56. The first-order valence-electron chi connectivity index (χ1n) is 6.13. The summed E-state index contributed by atoms with van der Waals surface area (Å²) in [7, 11) is 0. The van der Waals surface area contributed by atoms with Crippen molar-refractivity contribution in [2.45, 2.75) is 39.0 Å². The maximum atomic E-state index is 12.5. The smallest absolute Gasteiger partial charge is 0.393 e. The number of rotatable bonds is 5. The number of halogens is 3. The molecule has 0 saturated carbocycles. The third-order valence-corrected chi connectivity index (χ3v) is 2.81. The molecule has 1 atom stereocenters. The molecule has 20 heavy (non-hydrogen) atoms. The van der Waals surface area contributed by atoms with Gasteiger partial charge < -0.3 is 5.11 Å². The Morgan fingerprint density at radius 1 is 1.35 bits per heavy atom. The summed E-state index contributed by atoms with van der Waals surface area (Å²) < 4.78 is 37.6. The minimum Gasteiger partial charge on any atom is -0.393 e. The van der Waals surface area contributed by atoms with E-state index < -0.39 is 28.5 Å². The Hall–Kier alpha value is -1.63. The average molecular weight is 291 g/mol. The van der Waals surface area contributed by atoms with Gasteiger partial charge in [-0.25, -0.2) is 0 Å². The van der Waals surface area contributed by atoms with E-state index in [0.717, 1.165) is 12.1 Å². The molecule has 112 valence electrons. The number of hydrogen-bond donors (Lipinski definition) is 1. The summed E-state index contributed by atoms with van der Waals surface area (Å²) in [4.78, 5) is 10.0. The summed E-state index contributed by atoms with van der Waals surface area (Å²) >= 11 is 0. The van der Waals surface area contributed by atoms with Crippen molar-refractivity contribution in [1.29, 1.82) is 0 Å². The van der Waals surface area contributed by atoms with E-state index in [1.54, 1.807) is 0 Å². The molecule has 0 aliphatic heterocycles. The van der Waals surface area contributed by atoms with Crippen LogP contribution in [0, 0.1) is 16.0 Å². The maximum Gasteiger partial charge on any atom is 0.416 e. The maximum absolute atomic E-state index is 12.5. The summed E-state index contributed by atoms with van der Waals surface area (Å²) in [6.45, 7) is 3.76. The molecule has 0 heterocycles. The second-order valence-electron chi connectivity index (χ2n) is 5.09. The zero-order chi connectivity index (χ0) is 15.5. The molecule has 0 aliphatic rings. The molecular formula is C13H16F3NO3. The minimum atomic E-state index is -4.63. The molecule has 1 rings (SSSR count). The lowest BCUT2D eigenvalue weighted by molar-refractivity contribution is -0.385. The van der Waals surface area contributed by atoms with E-state index in [1.165, 1.54) is 0 Å². The van der Waals surface area contributed by atoms with Crippen molar-refractivity contribution in [2.75, 3.05) is 0 Å². The zero-order valence-electron chi connectivity index (χ0n) is 11.1. The number of nitrogens with zero attached hydrogens (tertiary/aromatic N) is 1. The second-order valence-corrected chi connectivity index (χ2v) is 5.09. The highest BCUT2D eigenvalue weighted by molar-refractivity contribution is 5.44. The molecule has 0 fully saturated rings. The molecule has 7 heteroatoms. The topological polar surface area (TPSA) is 63.4 Å². The minimum absolute atomic E-state index is 0.0351. The lowest BCUT2D eigenvalue weighted by Crippen LogP contribution is -2.15. The summed E-state index contributed by atoms with van der Waals surface area (Å²) in [5.41, 5.74) is -1.56. The summed E-state index contributed by atoms with van der Waals surface area (Å²) in [5, 5.41) is 20.6. The van der Waals surface area contributed by atoms with Crippen LogP contribution in [0.4, 0.5) is 18.9 Å². The van der Waals surface area contributed by atoms with E-state index in [-0.39, 0.29) is 17.9 Å². The van der Waals surface area contributed by atoms with E-state index in [1.807, 2.05) is 13.8 Å². The van der Waals surface area contributed by atoms with Gasteiger partial charge in [0.25, 0.3) is 5.69 Å². The monoisotopic (exact) mass is 291 g/mol. The van der Waals surface area contributed by atoms with Crippen LogP contribution in [-0.4, -0.2) is 16.1 Å². The Kier molecular flexibility index (Phi) is 5.10. The Balaban J connectivity index is 3.05. The summed E-state index contributed by atoms with van der Waals surface area (Å²) in [6.07, 6.45) is -5.05. The Labute approximate surface area is 114 Å². The first kappa shape index (κ1) is 16.4. The fourth-order valence-electron chi connectivity index (χ4n) is 1.96. The average Bonchev–Trinajstić information content (AvgIpc) is 2.26. The molecule has 0 saturated heterocycles. The van der Waals surface area contributed by atoms with E-state index in [2.05, 4.69) is 0 Å². The Bertz CT molecular complexity index is 486. The molecule has 0 amide bonds. The first-order chi connectivity index (χ1) is 9.11. The fraction of sp³-hybridized carbons (Fsp3) is 0.538. The normalized spacial score (nSPS) is 13.6. The number of nitro benzene ring substituents is 1. The van der Waals surface area contributed by atoms with Crippen molar-refractivity contribution < 1.29 is 23.2 Å². The van der Waals surface area contributed by atoms with Gasteiger partial charge >= 0.3 is 6.18 Å². The highest BCUT2D eigenvalue weighted by Crippen LogP contribution is 2.33. The van der Waals surface area contributed by atoms with Crippen molar-refractivity contribution in [2.24, 2.45) is 5.92 Å². The highest BCUT2D eigenvalue weighted by Gasteiger charge is 2.33. The molecule has 0 aromatic heterocycles. The molecule has 0 aliphatic carbocycles. The molecule has 0 radical (unpaired) electrons. The lowest BCUT2D eigenvalue weighted by Gasteiger charge is -2.14. The van der Waals surface area contributed by atoms with E-state index in [0.29, 0.717) is 12.5 Å². The van der Waals surface area contributed by atoms with Crippen molar-refractivity contribution in [1.82, 2.24) is 0 Å². The van der Waals surface area contributed by atoms with Gasteiger partial charge in [-0.15, -0.1) is 0 Å². The molecule has 1 aromatic carbocycles. The third-order valence-electron chi connectivity index (χ3n) is 2.81. The quantitative estimate of drug-likeness (QED) is 0.666. The Morgan fingerprint density at radius 3 is 2.40 bits per heavy atom. The summed E-state index contributed by atoms with van der Waals surface area (Å²) in [5.74, 6) is 0.193. The van der Waals surface area contributed by atoms with Gasteiger partial charge in [-0.05, 0) is 18.4 Å². The van der Waals surface area contributed by atoms with Gasteiger partial charge in [-0.2, -0.15) is 13.2 Å². The van der Waals surface area contributed by atoms with Crippen LogP contribution in [0.3, 0.4) is 0 Å². The highest BCUT2D eigenvalue weighted by atomic mass is 19.4. The van der Waals surface area contributed by atoms with E-state index >= 15 is 0 Å².